The van der Waals surface area contributed by atoms with Crippen molar-refractivity contribution in [1.82, 2.24) is 14.8 Å². The molecule has 0 aliphatic heterocycles. The summed E-state index contributed by atoms with van der Waals surface area (Å²) in [7, 11) is 0. The van der Waals surface area contributed by atoms with Crippen molar-refractivity contribution in [1.29, 1.82) is 0 Å². The fourth-order valence-electron chi connectivity index (χ4n) is 3.80. The number of aromatic nitrogens is 3. The lowest BCUT2D eigenvalue weighted by Gasteiger charge is -2.16. The highest BCUT2D eigenvalue weighted by molar-refractivity contribution is 8.00. The zero-order valence-corrected chi connectivity index (χ0v) is 20.8. The molecule has 0 spiro atoms. The van der Waals surface area contributed by atoms with E-state index in [2.05, 4.69) is 27.0 Å². The van der Waals surface area contributed by atoms with Gasteiger partial charge in [0.05, 0.1) is 5.25 Å². The maximum absolute atomic E-state index is 13.2. The molecule has 5 nitrogen and oxygen atoms in total. The van der Waals surface area contributed by atoms with Crippen molar-refractivity contribution in [3.63, 3.8) is 0 Å². The topological polar surface area (TPSA) is 59.8 Å². The van der Waals surface area contributed by atoms with Crippen LogP contribution in [0.25, 0.3) is 16.8 Å². The van der Waals surface area contributed by atoms with Crippen LogP contribution in [0, 0.1) is 0 Å². The lowest BCUT2D eigenvalue weighted by atomic mass is 10.0. The molecule has 35 heavy (non-hydrogen) atoms. The molecule has 2 aromatic heterocycles. The third kappa shape index (κ3) is 5.37. The highest BCUT2D eigenvalue weighted by atomic mass is 32.2. The molecule has 7 heteroatoms. The minimum atomic E-state index is -0.375. The van der Waals surface area contributed by atoms with Gasteiger partial charge in [-0.25, -0.2) is 0 Å². The smallest absolute Gasteiger partial charge is 0.237 e. The molecule has 2 heterocycles. The molecule has 1 amide bonds. The number of nitrogens with one attached hydrogen (secondary N) is 1. The Labute approximate surface area is 212 Å². The average molecular weight is 497 g/mol. The number of benzene rings is 3. The number of hydrogen-bond acceptors (Lipinski definition) is 5. The Morgan fingerprint density at radius 1 is 0.914 bits per heavy atom. The van der Waals surface area contributed by atoms with E-state index in [1.807, 2.05) is 102 Å². The van der Waals surface area contributed by atoms with Gasteiger partial charge in [0, 0.05) is 28.2 Å². The summed E-state index contributed by atoms with van der Waals surface area (Å²) in [5.74, 6) is 0.768. The first-order chi connectivity index (χ1) is 17.2. The quantitative estimate of drug-likeness (QED) is 0.243. The molecular formula is C28H24N4OS2. The van der Waals surface area contributed by atoms with E-state index < -0.39 is 0 Å². The third-order valence-corrected chi connectivity index (χ3v) is 7.47. The zero-order chi connectivity index (χ0) is 24.0. The highest BCUT2D eigenvalue weighted by Gasteiger charge is 2.22. The standard InChI is InChI=1S/C28H24N4OS2/c1-20(27(33)29-25-17-9-8-16-24(25)21-11-4-2-5-12-21)35-28-31-30-26(19-23-15-10-18-34-23)32(28)22-13-6-3-7-14-22/h2-18,20H,19H2,1H3,(H,29,33). The lowest BCUT2D eigenvalue weighted by Crippen LogP contribution is -2.23. The van der Waals surface area contributed by atoms with Gasteiger partial charge in [-0.3, -0.25) is 9.36 Å². The number of amides is 1. The second-order valence-electron chi connectivity index (χ2n) is 7.99. The van der Waals surface area contributed by atoms with Gasteiger partial charge in [0.2, 0.25) is 5.91 Å². The Bertz CT molecular complexity index is 1400. The van der Waals surface area contributed by atoms with Gasteiger partial charge in [-0.2, -0.15) is 0 Å². The minimum Gasteiger partial charge on any atom is -0.325 e. The van der Waals surface area contributed by atoms with Gasteiger partial charge in [-0.15, -0.1) is 21.5 Å². The predicted molar refractivity (Wildman–Crippen MR) is 144 cm³/mol. The molecule has 1 N–H and O–H groups in total. The van der Waals surface area contributed by atoms with E-state index in [-0.39, 0.29) is 11.2 Å². The van der Waals surface area contributed by atoms with E-state index in [1.165, 1.54) is 16.6 Å². The molecule has 5 rings (SSSR count). The van der Waals surface area contributed by atoms with E-state index >= 15 is 0 Å². The normalized spacial score (nSPS) is 11.8. The fourth-order valence-corrected chi connectivity index (χ4v) is 5.39. The van der Waals surface area contributed by atoms with Crippen molar-refractivity contribution < 1.29 is 4.79 Å². The second kappa shape index (κ2) is 10.7. The molecule has 0 aliphatic rings. The average Bonchev–Trinajstić information content (AvgIpc) is 3.55. The molecule has 0 aliphatic carbocycles. The van der Waals surface area contributed by atoms with Crippen LogP contribution in [-0.4, -0.2) is 25.9 Å². The summed E-state index contributed by atoms with van der Waals surface area (Å²) in [6.07, 6.45) is 0.686. The zero-order valence-electron chi connectivity index (χ0n) is 19.2. The number of rotatable bonds is 8. The van der Waals surface area contributed by atoms with E-state index in [0.717, 1.165) is 28.3 Å². The van der Waals surface area contributed by atoms with E-state index in [1.54, 1.807) is 11.3 Å². The minimum absolute atomic E-state index is 0.0826. The summed E-state index contributed by atoms with van der Waals surface area (Å²) in [5.41, 5.74) is 3.82. The first-order valence-electron chi connectivity index (χ1n) is 11.3. The van der Waals surface area contributed by atoms with Gasteiger partial charge >= 0.3 is 0 Å². The number of carbonyl (C=O) groups excluding carboxylic acids is 1. The Morgan fingerprint density at radius 2 is 1.63 bits per heavy atom. The Kier molecular flexibility index (Phi) is 7.07. The van der Waals surface area contributed by atoms with Crippen molar-refractivity contribution in [2.45, 2.75) is 23.8 Å². The Morgan fingerprint density at radius 3 is 2.37 bits per heavy atom. The van der Waals surface area contributed by atoms with Crippen LogP contribution in [0.1, 0.15) is 17.6 Å². The van der Waals surface area contributed by atoms with E-state index in [4.69, 9.17) is 0 Å². The summed E-state index contributed by atoms with van der Waals surface area (Å²) in [6.45, 7) is 1.90. The van der Waals surface area contributed by atoms with Crippen LogP contribution in [0.2, 0.25) is 0 Å². The van der Waals surface area contributed by atoms with Gasteiger partial charge in [0.15, 0.2) is 5.16 Å². The maximum Gasteiger partial charge on any atom is 0.237 e. The molecule has 174 valence electrons. The predicted octanol–water partition coefficient (Wildman–Crippen LogP) is 6.71. The fraction of sp³-hybridized carbons (Fsp3) is 0.107. The molecule has 0 fully saturated rings. The van der Waals surface area contributed by atoms with Crippen molar-refractivity contribution >= 4 is 34.7 Å². The number of thiophene rings is 1. The van der Waals surface area contributed by atoms with Gasteiger partial charge in [-0.1, -0.05) is 84.6 Å². The van der Waals surface area contributed by atoms with Crippen molar-refractivity contribution in [3.8, 4) is 16.8 Å². The summed E-state index contributed by atoms with van der Waals surface area (Å²) in [4.78, 5) is 14.4. The summed E-state index contributed by atoms with van der Waals surface area (Å²) in [6, 6.07) is 32.1. The second-order valence-corrected chi connectivity index (χ2v) is 10.3. The van der Waals surface area contributed by atoms with Crippen LogP contribution < -0.4 is 5.32 Å². The van der Waals surface area contributed by atoms with Crippen LogP contribution in [0.15, 0.2) is 108 Å². The molecule has 0 saturated carbocycles. The van der Waals surface area contributed by atoms with Crippen molar-refractivity contribution in [2.75, 3.05) is 5.32 Å². The summed E-state index contributed by atoms with van der Waals surface area (Å²) >= 11 is 3.11. The van der Waals surface area contributed by atoms with Gasteiger partial charge < -0.3 is 5.32 Å². The molecular weight excluding hydrogens is 472 g/mol. The molecule has 0 radical (unpaired) electrons. The Hall–Kier alpha value is -3.68. The maximum atomic E-state index is 13.2. The molecule has 1 atom stereocenters. The first kappa shape index (κ1) is 23.1. The molecule has 3 aromatic carbocycles. The molecule has 0 saturated heterocycles. The first-order valence-corrected chi connectivity index (χ1v) is 13.1. The van der Waals surface area contributed by atoms with Gasteiger partial charge in [0.1, 0.15) is 5.82 Å². The lowest BCUT2D eigenvalue weighted by molar-refractivity contribution is -0.115. The summed E-state index contributed by atoms with van der Waals surface area (Å²) in [5, 5.41) is 14.5. The molecule has 0 bridgehead atoms. The van der Waals surface area contributed by atoms with Crippen LogP contribution in [0.5, 0.6) is 0 Å². The van der Waals surface area contributed by atoms with Gasteiger partial charge in [-0.05, 0) is 42.1 Å². The van der Waals surface area contributed by atoms with Crippen LogP contribution in [0.3, 0.4) is 0 Å². The van der Waals surface area contributed by atoms with E-state index in [0.29, 0.717) is 11.6 Å². The number of anilines is 1. The highest BCUT2D eigenvalue weighted by Crippen LogP contribution is 2.30. The number of carbonyl (C=O) groups is 1. The molecule has 5 aromatic rings. The number of thioether (sulfide) groups is 1. The summed E-state index contributed by atoms with van der Waals surface area (Å²) < 4.78 is 2.05. The van der Waals surface area contributed by atoms with Crippen LogP contribution in [0.4, 0.5) is 5.69 Å². The number of hydrogen-bond donors (Lipinski definition) is 1. The third-order valence-electron chi connectivity index (χ3n) is 5.55. The van der Waals surface area contributed by atoms with Crippen LogP contribution >= 0.6 is 23.1 Å². The monoisotopic (exact) mass is 496 g/mol. The SMILES string of the molecule is CC(Sc1nnc(Cc2cccs2)n1-c1ccccc1)C(=O)Nc1ccccc1-c1ccccc1. The van der Waals surface area contributed by atoms with Crippen molar-refractivity contribution in [3.05, 3.63) is 113 Å². The van der Waals surface area contributed by atoms with Gasteiger partial charge in [0.25, 0.3) is 0 Å². The largest absolute Gasteiger partial charge is 0.325 e. The van der Waals surface area contributed by atoms with Crippen molar-refractivity contribution in [2.24, 2.45) is 0 Å². The number of nitrogens with zero attached hydrogens (tertiary/aromatic N) is 3. The Balaban J connectivity index is 1.38. The molecule has 1 unspecified atom stereocenters. The van der Waals surface area contributed by atoms with Crippen LogP contribution in [-0.2, 0) is 11.2 Å². The number of para-hydroxylation sites is 2. The van der Waals surface area contributed by atoms with E-state index in [9.17, 15) is 4.79 Å².